The molecule has 18 heavy (non-hydrogen) atoms. The van der Waals surface area contributed by atoms with E-state index in [-0.39, 0.29) is 12.2 Å². The van der Waals surface area contributed by atoms with Gasteiger partial charge in [-0.25, -0.2) is 0 Å². The molecule has 1 heterocycles. The van der Waals surface area contributed by atoms with Crippen LogP contribution in [-0.2, 0) is 13.5 Å². The van der Waals surface area contributed by atoms with Crippen molar-refractivity contribution >= 4 is 33.3 Å². The van der Waals surface area contributed by atoms with Crippen molar-refractivity contribution in [2.24, 2.45) is 7.05 Å². The van der Waals surface area contributed by atoms with E-state index < -0.39 is 0 Å². The van der Waals surface area contributed by atoms with E-state index in [9.17, 15) is 4.79 Å². The topological polar surface area (TPSA) is 34.9 Å². The molecule has 3 nitrogen and oxygen atoms in total. The number of carbonyl (C=O) groups excluding carboxylic acids is 1. The summed E-state index contributed by atoms with van der Waals surface area (Å²) in [6, 6.07) is 7.36. The number of ketones is 1. The van der Waals surface area contributed by atoms with Gasteiger partial charge in [0.05, 0.1) is 22.8 Å². The molecule has 0 N–H and O–H groups in total. The van der Waals surface area contributed by atoms with Crippen molar-refractivity contribution in [2.45, 2.75) is 13.3 Å². The Bertz CT molecular complexity index is 607. The van der Waals surface area contributed by atoms with Gasteiger partial charge in [-0.1, -0.05) is 45.7 Å². The zero-order valence-corrected chi connectivity index (χ0v) is 12.4. The lowest BCUT2D eigenvalue weighted by Gasteiger charge is -2.04. The lowest BCUT2D eigenvalue weighted by molar-refractivity contribution is 0.0990. The molecule has 1 aromatic heterocycles. The first-order valence-corrected chi connectivity index (χ1v) is 6.63. The fourth-order valence-corrected chi connectivity index (χ4v) is 2.54. The Labute approximate surface area is 119 Å². The lowest BCUT2D eigenvalue weighted by atomic mass is 10.1. The van der Waals surface area contributed by atoms with Gasteiger partial charge in [-0.15, -0.1) is 0 Å². The van der Waals surface area contributed by atoms with Crippen molar-refractivity contribution in [3.05, 3.63) is 50.7 Å². The molecule has 0 bridgehead atoms. The first-order valence-electron chi connectivity index (χ1n) is 5.46. The maximum absolute atomic E-state index is 12.2. The number of aromatic nitrogens is 2. The summed E-state index contributed by atoms with van der Waals surface area (Å²) in [6.07, 6.45) is 0.249. The molecule has 5 heteroatoms. The highest BCUT2D eigenvalue weighted by Gasteiger charge is 2.17. The zero-order valence-electron chi connectivity index (χ0n) is 10.1. The molecular weight excluding hydrogens is 316 g/mol. The molecule has 94 valence electrons. The fourth-order valence-electron chi connectivity index (χ4n) is 1.81. The van der Waals surface area contributed by atoms with E-state index in [2.05, 4.69) is 21.0 Å². The van der Waals surface area contributed by atoms with E-state index in [1.807, 2.05) is 25.1 Å². The molecule has 2 rings (SSSR count). The molecule has 0 aliphatic rings. The minimum atomic E-state index is 0.0207. The SMILES string of the molecule is Cc1nn(C)c(CC(=O)c2ccccc2Br)c1Cl. The van der Waals surface area contributed by atoms with Gasteiger partial charge in [-0.05, 0) is 13.0 Å². The molecule has 0 saturated carbocycles. The van der Waals surface area contributed by atoms with E-state index in [1.165, 1.54) is 0 Å². The van der Waals surface area contributed by atoms with Crippen molar-refractivity contribution in [3.8, 4) is 0 Å². The highest BCUT2D eigenvalue weighted by atomic mass is 79.9. The van der Waals surface area contributed by atoms with Crippen LogP contribution in [0.2, 0.25) is 5.02 Å². The van der Waals surface area contributed by atoms with Gasteiger partial charge < -0.3 is 0 Å². The number of benzene rings is 1. The van der Waals surface area contributed by atoms with Crippen LogP contribution in [0.4, 0.5) is 0 Å². The maximum atomic E-state index is 12.2. The van der Waals surface area contributed by atoms with Crippen LogP contribution in [0.15, 0.2) is 28.7 Å². The average molecular weight is 328 g/mol. The molecule has 0 saturated heterocycles. The van der Waals surface area contributed by atoms with Gasteiger partial charge in [0.1, 0.15) is 0 Å². The van der Waals surface area contributed by atoms with Crippen molar-refractivity contribution in [2.75, 3.05) is 0 Å². The highest BCUT2D eigenvalue weighted by molar-refractivity contribution is 9.10. The van der Waals surface area contributed by atoms with Crippen LogP contribution in [0.5, 0.6) is 0 Å². The Morgan fingerprint density at radius 2 is 2.11 bits per heavy atom. The monoisotopic (exact) mass is 326 g/mol. The minimum absolute atomic E-state index is 0.0207. The Morgan fingerprint density at radius 3 is 2.67 bits per heavy atom. The van der Waals surface area contributed by atoms with Crippen LogP contribution in [0.1, 0.15) is 21.7 Å². The summed E-state index contributed by atoms with van der Waals surface area (Å²) in [5, 5.41) is 4.77. The highest BCUT2D eigenvalue weighted by Crippen LogP contribution is 2.23. The number of halogens is 2. The Balaban J connectivity index is 2.30. The van der Waals surface area contributed by atoms with Crippen molar-refractivity contribution in [1.29, 1.82) is 0 Å². The average Bonchev–Trinajstić information content (AvgIpc) is 2.56. The van der Waals surface area contributed by atoms with Crippen LogP contribution in [0.3, 0.4) is 0 Å². The predicted octanol–water partition coefficient (Wildman–Crippen LogP) is 3.57. The summed E-state index contributed by atoms with van der Waals surface area (Å²) in [6.45, 7) is 1.83. The lowest BCUT2D eigenvalue weighted by Crippen LogP contribution is -2.08. The largest absolute Gasteiger partial charge is 0.294 e. The van der Waals surface area contributed by atoms with Gasteiger partial charge in [-0.3, -0.25) is 9.48 Å². The number of carbonyl (C=O) groups is 1. The van der Waals surface area contributed by atoms with Crippen LogP contribution in [0, 0.1) is 6.92 Å². The van der Waals surface area contributed by atoms with Gasteiger partial charge in [0.15, 0.2) is 5.78 Å². The quantitative estimate of drug-likeness (QED) is 0.808. The normalized spacial score (nSPS) is 10.7. The Morgan fingerprint density at radius 1 is 1.44 bits per heavy atom. The summed E-state index contributed by atoms with van der Waals surface area (Å²) in [5.74, 6) is 0.0207. The van der Waals surface area contributed by atoms with Crippen molar-refractivity contribution in [1.82, 2.24) is 9.78 Å². The number of nitrogens with zero attached hydrogens (tertiary/aromatic N) is 2. The van der Waals surface area contributed by atoms with Crippen molar-refractivity contribution in [3.63, 3.8) is 0 Å². The molecule has 0 fully saturated rings. The third kappa shape index (κ3) is 2.49. The number of hydrogen-bond donors (Lipinski definition) is 0. The van der Waals surface area contributed by atoms with E-state index >= 15 is 0 Å². The molecule has 0 amide bonds. The number of aryl methyl sites for hydroxylation is 2. The molecule has 0 unspecified atom stereocenters. The second-order valence-electron chi connectivity index (χ2n) is 4.05. The third-order valence-corrected chi connectivity index (χ3v) is 3.95. The molecule has 0 aliphatic heterocycles. The Kier molecular flexibility index (Phi) is 3.88. The predicted molar refractivity (Wildman–Crippen MR) is 75.1 cm³/mol. The summed E-state index contributed by atoms with van der Waals surface area (Å²) >= 11 is 9.51. The van der Waals surface area contributed by atoms with E-state index in [4.69, 9.17) is 11.6 Å². The van der Waals surface area contributed by atoms with Crippen LogP contribution in [-0.4, -0.2) is 15.6 Å². The Hall–Kier alpha value is -1.13. The summed E-state index contributed by atoms with van der Waals surface area (Å²) in [5.41, 5.74) is 2.15. The van der Waals surface area contributed by atoms with Crippen LogP contribution >= 0.6 is 27.5 Å². The molecule has 0 spiro atoms. The first kappa shape index (κ1) is 13.3. The molecule has 2 aromatic rings. The second kappa shape index (κ2) is 5.24. The standard InChI is InChI=1S/C13H12BrClN2O/c1-8-13(15)11(17(2)16-8)7-12(18)9-5-3-4-6-10(9)14/h3-6H,7H2,1-2H3. The number of Topliss-reactive ketones (excluding diaryl/α,β-unsaturated/α-hetero) is 1. The molecule has 1 aromatic carbocycles. The van der Waals surface area contributed by atoms with E-state index in [1.54, 1.807) is 17.8 Å². The van der Waals surface area contributed by atoms with Gasteiger partial charge in [0.25, 0.3) is 0 Å². The zero-order chi connectivity index (χ0) is 13.3. The molecule has 0 atom stereocenters. The maximum Gasteiger partial charge on any atom is 0.169 e. The van der Waals surface area contributed by atoms with Crippen LogP contribution < -0.4 is 0 Å². The smallest absolute Gasteiger partial charge is 0.169 e. The minimum Gasteiger partial charge on any atom is -0.294 e. The summed E-state index contributed by atoms with van der Waals surface area (Å²) in [4.78, 5) is 12.2. The van der Waals surface area contributed by atoms with E-state index in [0.717, 1.165) is 15.9 Å². The summed E-state index contributed by atoms with van der Waals surface area (Å²) in [7, 11) is 1.79. The molecule has 0 radical (unpaired) electrons. The number of rotatable bonds is 3. The summed E-state index contributed by atoms with van der Waals surface area (Å²) < 4.78 is 2.46. The molecular formula is C13H12BrClN2O. The van der Waals surface area contributed by atoms with Gasteiger partial charge in [-0.2, -0.15) is 5.10 Å². The molecule has 0 aliphatic carbocycles. The van der Waals surface area contributed by atoms with Gasteiger partial charge in [0, 0.05) is 17.1 Å². The first-order chi connectivity index (χ1) is 8.50. The van der Waals surface area contributed by atoms with Crippen molar-refractivity contribution < 1.29 is 4.79 Å². The second-order valence-corrected chi connectivity index (χ2v) is 5.28. The third-order valence-electron chi connectivity index (χ3n) is 2.76. The van der Waals surface area contributed by atoms with Gasteiger partial charge in [0.2, 0.25) is 0 Å². The van der Waals surface area contributed by atoms with Gasteiger partial charge >= 0.3 is 0 Å². The number of hydrogen-bond acceptors (Lipinski definition) is 2. The van der Waals surface area contributed by atoms with Crippen LogP contribution in [0.25, 0.3) is 0 Å². The fraction of sp³-hybridized carbons (Fsp3) is 0.231. The van der Waals surface area contributed by atoms with E-state index in [0.29, 0.717) is 10.6 Å².